The van der Waals surface area contributed by atoms with Gasteiger partial charge < -0.3 is 10.0 Å². The first-order chi connectivity index (χ1) is 8.65. The Bertz CT molecular complexity index is 453. The number of hydrogen-bond donors (Lipinski definition) is 1. The molecule has 1 aliphatic rings. The lowest BCUT2D eigenvalue weighted by molar-refractivity contribution is -0.384. The van der Waals surface area contributed by atoms with Crippen molar-refractivity contribution in [3.05, 3.63) is 34.1 Å². The van der Waals surface area contributed by atoms with E-state index in [-0.39, 0.29) is 24.0 Å². The number of piperidine rings is 1. The lowest BCUT2D eigenvalue weighted by atomic mass is 10.0. The van der Waals surface area contributed by atoms with Crippen LogP contribution in [0.5, 0.6) is 0 Å². The van der Waals surface area contributed by atoms with Crippen molar-refractivity contribution < 1.29 is 14.4 Å². The minimum absolute atomic E-state index is 0.00116. The van der Waals surface area contributed by atoms with Crippen LogP contribution >= 0.6 is 0 Å². The van der Waals surface area contributed by atoms with Gasteiger partial charge in [0.2, 0.25) is 0 Å². The molecule has 0 spiro atoms. The number of nitrogens with zero attached hydrogens (tertiary/aromatic N) is 2. The quantitative estimate of drug-likeness (QED) is 0.662. The maximum Gasteiger partial charge on any atom is 0.295 e. The van der Waals surface area contributed by atoms with E-state index in [9.17, 15) is 19.6 Å². The molecular formula is C12H15FN2O3. The standard InChI is InChI=1S/C12H15FN2O3/c13-10-5-3-6-11(15(17)18)12(10)14-7-2-1-4-9(14)8-16/h3,5-6,9,16H,1-2,4,7-8H2. The Morgan fingerprint density at radius 3 is 2.94 bits per heavy atom. The van der Waals surface area contributed by atoms with E-state index >= 15 is 0 Å². The molecule has 0 aromatic heterocycles. The Labute approximate surface area is 104 Å². The summed E-state index contributed by atoms with van der Waals surface area (Å²) in [6.45, 7) is 0.415. The summed E-state index contributed by atoms with van der Waals surface area (Å²) in [6.07, 6.45) is 2.52. The molecule has 0 saturated carbocycles. The van der Waals surface area contributed by atoms with Gasteiger partial charge in [-0.25, -0.2) is 4.39 Å². The molecule has 1 N–H and O–H groups in total. The lowest BCUT2D eigenvalue weighted by Gasteiger charge is -2.36. The first-order valence-electron chi connectivity index (χ1n) is 5.95. The highest BCUT2D eigenvalue weighted by atomic mass is 19.1. The van der Waals surface area contributed by atoms with Gasteiger partial charge in [0.05, 0.1) is 17.6 Å². The average molecular weight is 254 g/mol. The van der Waals surface area contributed by atoms with Crippen LogP contribution in [0.25, 0.3) is 0 Å². The number of nitro benzene ring substituents is 1. The van der Waals surface area contributed by atoms with Gasteiger partial charge in [-0.3, -0.25) is 10.1 Å². The van der Waals surface area contributed by atoms with Gasteiger partial charge in [-0.15, -0.1) is 0 Å². The number of rotatable bonds is 3. The van der Waals surface area contributed by atoms with Crippen LogP contribution in [-0.2, 0) is 0 Å². The number of para-hydroxylation sites is 1. The second-order valence-electron chi connectivity index (χ2n) is 4.39. The molecule has 98 valence electrons. The Morgan fingerprint density at radius 2 is 2.28 bits per heavy atom. The first kappa shape index (κ1) is 12.8. The SMILES string of the molecule is O=[N+]([O-])c1cccc(F)c1N1CCCCC1CO. The minimum atomic E-state index is -0.607. The smallest absolute Gasteiger partial charge is 0.295 e. The summed E-state index contributed by atoms with van der Waals surface area (Å²) in [6, 6.07) is 3.59. The third-order valence-corrected chi connectivity index (χ3v) is 3.29. The highest BCUT2D eigenvalue weighted by Crippen LogP contribution is 2.34. The zero-order valence-electron chi connectivity index (χ0n) is 9.88. The van der Waals surface area contributed by atoms with E-state index in [0.29, 0.717) is 6.54 Å². The van der Waals surface area contributed by atoms with E-state index < -0.39 is 10.7 Å². The summed E-state index contributed by atoms with van der Waals surface area (Å²) in [5.74, 6) is -0.607. The average Bonchev–Trinajstić information content (AvgIpc) is 2.38. The number of nitro groups is 1. The Kier molecular flexibility index (Phi) is 3.76. The molecule has 1 saturated heterocycles. The molecule has 0 aliphatic carbocycles. The van der Waals surface area contributed by atoms with Crippen LogP contribution in [0.1, 0.15) is 19.3 Å². The fraction of sp³-hybridized carbons (Fsp3) is 0.500. The van der Waals surface area contributed by atoms with Crippen molar-refractivity contribution in [1.29, 1.82) is 0 Å². The molecule has 1 atom stereocenters. The Balaban J connectivity index is 2.44. The largest absolute Gasteiger partial charge is 0.394 e. The van der Waals surface area contributed by atoms with Gasteiger partial charge in [0.1, 0.15) is 0 Å². The molecule has 6 heteroatoms. The Hall–Kier alpha value is -1.69. The van der Waals surface area contributed by atoms with Gasteiger partial charge in [-0.05, 0) is 25.3 Å². The summed E-state index contributed by atoms with van der Waals surface area (Å²) >= 11 is 0. The normalized spacial score (nSPS) is 19.9. The van der Waals surface area contributed by atoms with Crippen molar-refractivity contribution in [2.45, 2.75) is 25.3 Å². The first-order valence-corrected chi connectivity index (χ1v) is 5.95. The van der Waals surface area contributed by atoms with Crippen molar-refractivity contribution in [1.82, 2.24) is 0 Å². The van der Waals surface area contributed by atoms with Crippen molar-refractivity contribution in [2.75, 3.05) is 18.1 Å². The number of hydrogen-bond acceptors (Lipinski definition) is 4. The molecule has 0 amide bonds. The van der Waals surface area contributed by atoms with E-state index in [1.165, 1.54) is 18.2 Å². The summed E-state index contributed by atoms with van der Waals surface area (Å²) in [4.78, 5) is 12.0. The van der Waals surface area contributed by atoms with Crippen LogP contribution in [0, 0.1) is 15.9 Å². The van der Waals surface area contributed by atoms with Gasteiger partial charge in [0.25, 0.3) is 5.69 Å². The number of benzene rings is 1. The zero-order valence-corrected chi connectivity index (χ0v) is 9.88. The highest BCUT2D eigenvalue weighted by Gasteiger charge is 2.30. The zero-order chi connectivity index (χ0) is 13.1. The molecule has 1 unspecified atom stereocenters. The van der Waals surface area contributed by atoms with E-state index in [1.807, 2.05) is 0 Å². The van der Waals surface area contributed by atoms with E-state index in [1.54, 1.807) is 4.90 Å². The van der Waals surface area contributed by atoms with E-state index in [4.69, 9.17) is 0 Å². The molecular weight excluding hydrogens is 239 g/mol. The molecule has 5 nitrogen and oxygen atoms in total. The van der Waals surface area contributed by atoms with Gasteiger partial charge in [-0.2, -0.15) is 0 Å². The van der Waals surface area contributed by atoms with Gasteiger partial charge in [-0.1, -0.05) is 6.07 Å². The molecule has 1 fully saturated rings. The molecule has 2 rings (SSSR count). The summed E-state index contributed by atoms with van der Waals surface area (Å²) in [5, 5.41) is 20.3. The summed E-state index contributed by atoms with van der Waals surface area (Å²) in [7, 11) is 0. The van der Waals surface area contributed by atoms with Crippen molar-refractivity contribution >= 4 is 11.4 Å². The maximum absolute atomic E-state index is 13.9. The fourth-order valence-electron chi connectivity index (χ4n) is 2.42. The highest BCUT2D eigenvalue weighted by molar-refractivity contribution is 5.64. The molecule has 1 heterocycles. The molecule has 0 radical (unpaired) electrons. The second kappa shape index (κ2) is 5.30. The van der Waals surface area contributed by atoms with Crippen LogP contribution in [0.15, 0.2) is 18.2 Å². The van der Waals surface area contributed by atoms with Crippen molar-refractivity contribution in [2.24, 2.45) is 0 Å². The Morgan fingerprint density at radius 1 is 1.50 bits per heavy atom. The van der Waals surface area contributed by atoms with Crippen LogP contribution in [0.4, 0.5) is 15.8 Å². The lowest BCUT2D eigenvalue weighted by Crippen LogP contribution is -2.42. The predicted molar refractivity (Wildman–Crippen MR) is 65.1 cm³/mol. The summed E-state index contributed by atoms with van der Waals surface area (Å²) < 4.78 is 13.9. The minimum Gasteiger partial charge on any atom is -0.394 e. The van der Waals surface area contributed by atoms with Gasteiger partial charge in [0.15, 0.2) is 11.5 Å². The monoisotopic (exact) mass is 254 g/mol. The van der Waals surface area contributed by atoms with Crippen molar-refractivity contribution in [3.8, 4) is 0 Å². The fourth-order valence-corrected chi connectivity index (χ4v) is 2.42. The van der Waals surface area contributed by atoms with Crippen LogP contribution in [-0.4, -0.2) is 29.2 Å². The van der Waals surface area contributed by atoms with Crippen molar-refractivity contribution in [3.63, 3.8) is 0 Å². The summed E-state index contributed by atoms with van der Waals surface area (Å²) in [5.41, 5.74) is -0.239. The number of anilines is 1. The van der Waals surface area contributed by atoms with Crippen LogP contribution in [0.2, 0.25) is 0 Å². The molecule has 1 aromatic rings. The van der Waals surface area contributed by atoms with Gasteiger partial charge in [0, 0.05) is 12.6 Å². The van der Waals surface area contributed by atoms with E-state index in [0.717, 1.165) is 19.3 Å². The molecule has 1 aromatic carbocycles. The second-order valence-corrected chi connectivity index (χ2v) is 4.39. The molecule has 0 bridgehead atoms. The predicted octanol–water partition coefficient (Wildman–Crippen LogP) is 2.09. The number of aliphatic hydroxyl groups is 1. The van der Waals surface area contributed by atoms with Crippen LogP contribution < -0.4 is 4.90 Å². The maximum atomic E-state index is 13.9. The molecule has 18 heavy (non-hydrogen) atoms. The number of halogens is 1. The third-order valence-electron chi connectivity index (χ3n) is 3.29. The van der Waals surface area contributed by atoms with E-state index in [2.05, 4.69) is 0 Å². The van der Waals surface area contributed by atoms with Gasteiger partial charge >= 0.3 is 0 Å². The third kappa shape index (κ3) is 2.28. The topological polar surface area (TPSA) is 66.6 Å². The molecule has 1 aliphatic heterocycles. The van der Waals surface area contributed by atoms with Crippen LogP contribution in [0.3, 0.4) is 0 Å². The number of aliphatic hydroxyl groups excluding tert-OH is 1.